The summed E-state index contributed by atoms with van der Waals surface area (Å²) in [6.45, 7) is 0. The Morgan fingerprint density at radius 3 is 2.65 bits per heavy atom. The number of rotatable bonds is 3. The third-order valence-electron chi connectivity index (χ3n) is 1.96. The molecule has 17 heavy (non-hydrogen) atoms. The van der Waals surface area contributed by atoms with Crippen LogP contribution in [0.2, 0.25) is 0 Å². The second-order valence-corrected chi connectivity index (χ2v) is 4.19. The van der Waals surface area contributed by atoms with Gasteiger partial charge < -0.3 is 5.73 Å². The van der Waals surface area contributed by atoms with Gasteiger partial charge in [0.25, 0.3) is 0 Å². The maximum atomic E-state index is 13.5. The van der Waals surface area contributed by atoms with Crippen LogP contribution in [0.15, 0.2) is 46.6 Å². The van der Waals surface area contributed by atoms with Gasteiger partial charge in [0.1, 0.15) is 22.4 Å². The van der Waals surface area contributed by atoms with Crippen LogP contribution >= 0.6 is 11.8 Å². The topological polar surface area (TPSA) is 75.7 Å². The van der Waals surface area contributed by atoms with Gasteiger partial charge in [-0.05, 0) is 12.1 Å². The third-order valence-corrected chi connectivity index (χ3v) is 3.01. The molecule has 0 aliphatic carbocycles. The van der Waals surface area contributed by atoms with Crippen LogP contribution in [0.5, 0.6) is 0 Å². The first kappa shape index (κ1) is 11.5. The molecule has 0 spiro atoms. The minimum atomic E-state index is -0.336. The van der Waals surface area contributed by atoms with Gasteiger partial charge in [-0.25, -0.2) is 14.4 Å². The number of halogens is 1. The van der Waals surface area contributed by atoms with E-state index in [0.717, 1.165) is 11.8 Å². The third kappa shape index (κ3) is 2.59. The molecule has 0 saturated carbocycles. The highest BCUT2D eigenvalue weighted by atomic mass is 32.2. The van der Waals surface area contributed by atoms with Gasteiger partial charge in [-0.15, -0.1) is 0 Å². The van der Waals surface area contributed by atoms with Gasteiger partial charge in [-0.3, -0.25) is 5.41 Å². The molecule has 1 aromatic heterocycles. The Bertz CT molecular complexity index is 559. The quantitative estimate of drug-likeness (QED) is 0.644. The molecule has 6 heteroatoms. The number of benzene rings is 1. The smallest absolute Gasteiger partial charge is 0.144 e. The number of nitrogen functional groups attached to an aromatic ring is 1. The van der Waals surface area contributed by atoms with Crippen molar-refractivity contribution in [3.63, 3.8) is 0 Å². The van der Waals surface area contributed by atoms with Crippen molar-refractivity contribution >= 4 is 17.6 Å². The average Bonchev–Trinajstić information content (AvgIpc) is 2.32. The van der Waals surface area contributed by atoms with Crippen LogP contribution in [-0.4, -0.2) is 15.8 Å². The predicted molar refractivity (Wildman–Crippen MR) is 63.6 cm³/mol. The second-order valence-electron chi connectivity index (χ2n) is 3.16. The van der Waals surface area contributed by atoms with E-state index in [1.54, 1.807) is 18.2 Å². The lowest BCUT2D eigenvalue weighted by Crippen LogP contribution is -2.15. The number of nitrogens with one attached hydrogen (secondary N) is 1. The first-order valence-electron chi connectivity index (χ1n) is 4.76. The molecule has 0 aliphatic rings. The van der Waals surface area contributed by atoms with E-state index in [1.807, 2.05) is 0 Å². The lowest BCUT2D eigenvalue weighted by Gasteiger charge is -2.05. The molecule has 0 bridgehead atoms. The molecule has 86 valence electrons. The fourth-order valence-corrected chi connectivity index (χ4v) is 2.11. The van der Waals surface area contributed by atoms with Crippen LogP contribution in [0, 0.1) is 11.2 Å². The molecule has 3 N–H and O–H groups in total. The molecule has 1 heterocycles. The molecule has 1 aromatic carbocycles. The Balaban J connectivity index is 2.37. The largest absolute Gasteiger partial charge is 0.382 e. The van der Waals surface area contributed by atoms with Crippen molar-refractivity contribution in [2.45, 2.75) is 9.92 Å². The molecule has 0 atom stereocenters. The molecular weight excluding hydrogens is 239 g/mol. The molecule has 0 fully saturated rings. The normalized spacial score (nSPS) is 10.2. The zero-order valence-electron chi connectivity index (χ0n) is 8.72. The van der Waals surface area contributed by atoms with Gasteiger partial charge in [-0.1, -0.05) is 23.9 Å². The van der Waals surface area contributed by atoms with Crippen molar-refractivity contribution in [2.24, 2.45) is 5.73 Å². The van der Waals surface area contributed by atoms with E-state index < -0.39 is 0 Å². The van der Waals surface area contributed by atoms with Gasteiger partial charge in [-0.2, -0.15) is 0 Å². The summed E-state index contributed by atoms with van der Waals surface area (Å²) in [4.78, 5) is 8.42. The lowest BCUT2D eigenvalue weighted by molar-refractivity contribution is 0.602. The van der Waals surface area contributed by atoms with Crippen molar-refractivity contribution in [3.8, 4) is 0 Å². The Morgan fingerprint density at radius 1 is 1.24 bits per heavy atom. The van der Waals surface area contributed by atoms with Gasteiger partial charge >= 0.3 is 0 Å². The molecule has 0 aliphatic heterocycles. The Labute approximate surface area is 102 Å². The lowest BCUT2D eigenvalue weighted by atomic mass is 10.3. The maximum Gasteiger partial charge on any atom is 0.144 e. The van der Waals surface area contributed by atoms with E-state index in [0.29, 0.717) is 9.92 Å². The van der Waals surface area contributed by atoms with Gasteiger partial charge in [0.15, 0.2) is 0 Å². The van der Waals surface area contributed by atoms with Crippen LogP contribution in [0.1, 0.15) is 5.69 Å². The van der Waals surface area contributed by atoms with Gasteiger partial charge in [0.05, 0.1) is 0 Å². The van der Waals surface area contributed by atoms with Crippen molar-refractivity contribution in [1.82, 2.24) is 9.97 Å². The number of nitrogens with two attached hydrogens (primary N) is 1. The monoisotopic (exact) mass is 248 g/mol. The maximum absolute atomic E-state index is 13.5. The SMILES string of the molecule is N=C(N)c1nccnc1Sc1ccccc1F. The van der Waals surface area contributed by atoms with Crippen molar-refractivity contribution in [1.29, 1.82) is 5.41 Å². The Kier molecular flexibility index (Phi) is 3.34. The summed E-state index contributed by atoms with van der Waals surface area (Å²) < 4.78 is 13.5. The zero-order chi connectivity index (χ0) is 12.3. The van der Waals surface area contributed by atoms with Crippen LogP contribution in [0.3, 0.4) is 0 Å². The van der Waals surface area contributed by atoms with E-state index >= 15 is 0 Å². The highest BCUT2D eigenvalue weighted by Crippen LogP contribution is 2.29. The van der Waals surface area contributed by atoms with Crippen molar-refractivity contribution in [3.05, 3.63) is 48.2 Å². The summed E-state index contributed by atoms with van der Waals surface area (Å²) in [6, 6.07) is 6.35. The summed E-state index contributed by atoms with van der Waals surface area (Å²) in [5.41, 5.74) is 5.64. The second kappa shape index (κ2) is 4.92. The summed E-state index contributed by atoms with van der Waals surface area (Å²) in [5, 5.41) is 7.79. The number of amidine groups is 1. The first-order valence-corrected chi connectivity index (χ1v) is 5.58. The Morgan fingerprint density at radius 2 is 1.94 bits per heavy atom. The molecule has 0 radical (unpaired) electrons. The summed E-state index contributed by atoms with van der Waals surface area (Å²) >= 11 is 1.10. The molecule has 0 amide bonds. The fourth-order valence-electron chi connectivity index (χ4n) is 1.22. The van der Waals surface area contributed by atoms with Gasteiger partial charge in [0.2, 0.25) is 0 Å². The van der Waals surface area contributed by atoms with Crippen molar-refractivity contribution < 1.29 is 4.39 Å². The van der Waals surface area contributed by atoms with E-state index in [4.69, 9.17) is 11.1 Å². The van der Waals surface area contributed by atoms with E-state index in [2.05, 4.69) is 9.97 Å². The summed E-state index contributed by atoms with van der Waals surface area (Å²) in [5.74, 6) is -0.519. The van der Waals surface area contributed by atoms with Gasteiger partial charge in [0, 0.05) is 17.3 Å². The average molecular weight is 248 g/mol. The zero-order valence-corrected chi connectivity index (χ0v) is 9.54. The number of hydrogen-bond donors (Lipinski definition) is 2. The highest BCUT2D eigenvalue weighted by molar-refractivity contribution is 7.99. The van der Waals surface area contributed by atoms with Crippen LogP contribution in [0.4, 0.5) is 4.39 Å². The standard InChI is InChI=1S/C11H9FN4S/c12-7-3-1-2-4-8(7)17-11-9(10(13)14)15-5-6-16-11/h1-6H,(H3,13,14). The molecule has 2 rings (SSSR count). The van der Waals surface area contributed by atoms with E-state index in [-0.39, 0.29) is 17.3 Å². The van der Waals surface area contributed by atoms with Crippen LogP contribution < -0.4 is 5.73 Å². The molecule has 4 nitrogen and oxygen atoms in total. The Hall–Kier alpha value is -1.95. The highest BCUT2D eigenvalue weighted by Gasteiger charge is 2.11. The first-order chi connectivity index (χ1) is 8.18. The number of aromatic nitrogens is 2. The summed E-state index contributed by atoms with van der Waals surface area (Å²) in [7, 11) is 0. The van der Waals surface area contributed by atoms with Crippen LogP contribution in [0.25, 0.3) is 0 Å². The molecule has 0 unspecified atom stereocenters. The van der Waals surface area contributed by atoms with E-state index in [9.17, 15) is 4.39 Å². The predicted octanol–water partition coefficient (Wildman–Crippen LogP) is 2.05. The molecule has 0 saturated heterocycles. The molecular formula is C11H9FN4S. The fraction of sp³-hybridized carbons (Fsp3) is 0. The molecule has 2 aromatic rings. The minimum absolute atomic E-state index is 0.183. The summed E-state index contributed by atoms with van der Waals surface area (Å²) in [6.07, 6.45) is 2.93. The number of hydrogen-bond acceptors (Lipinski definition) is 4. The minimum Gasteiger partial charge on any atom is -0.382 e. The van der Waals surface area contributed by atoms with Crippen molar-refractivity contribution in [2.75, 3.05) is 0 Å². The van der Waals surface area contributed by atoms with E-state index in [1.165, 1.54) is 18.5 Å². The number of nitrogens with zero attached hydrogens (tertiary/aromatic N) is 2. The van der Waals surface area contributed by atoms with Crippen LogP contribution in [-0.2, 0) is 0 Å².